The molecule has 4 aromatic rings. The number of hydrogen-bond acceptors (Lipinski definition) is 4. The second-order valence-corrected chi connectivity index (χ2v) is 7.58. The average Bonchev–Trinajstić information content (AvgIpc) is 3.03. The van der Waals surface area contributed by atoms with Crippen molar-refractivity contribution in [1.82, 2.24) is 14.9 Å². The van der Waals surface area contributed by atoms with Gasteiger partial charge >= 0.3 is 0 Å². The van der Waals surface area contributed by atoms with Crippen molar-refractivity contribution >= 4 is 10.9 Å². The van der Waals surface area contributed by atoms with Gasteiger partial charge in [0.15, 0.2) is 0 Å². The third kappa shape index (κ3) is 4.31. The standard InChI is InChI=1S/C25H27N3O2/c1-18-23-16-22(30)11-12-24(23)28(25(18)19-7-9-21(29)10-8-19)15-5-4-13-26-17-20-6-2-3-14-27-20/h2-3,6-12,14,16,26,29-30H,4-5,13,15,17H2,1H3. The molecule has 2 heterocycles. The molecule has 154 valence electrons. The lowest BCUT2D eigenvalue weighted by atomic mass is 10.1. The third-order valence-corrected chi connectivity index (χ3v) is 5.46. The van der Waals surface area contributed by atoms with Crippen LogP contribution in [0.15, 0.2) is 66.9 Å². The molecule has 4 rings (SSSR count). The largest absolute Gasteiger partial charge is 0.508 e. The van der Waals surface area contributed by atoms with Crippen molar-refractivity contribution < 1.29 is 10.2 Å². The van der Waals surface area contributed by atoms with E-state index < -0.39 is 0 Å². The van der Waals surface area contributed by atoms with Gasteiger partial charge < -0.3 is 20.1 Å². The number of rotatable bonds is 8. The van der Waals surface area contributed by atoms with Crippen LogP contribution in [0.3, 0.4) is 0 Å². The molecule has 0 saturated heterocycles. The Bertz CT molecular complexity index is 1120. The lowest BCUT2D eigenvalue weighted by Crippen LogP contribution is -2.16. The van der Waals surface area contributed by atoms with E-state index in [1.54, 1.807) is 18.2 Å². The fraction of sp³-hybridized carbons (Fsp3) is 0.240. The highest BCUT2D eigenvalue weighted by molar-refractivity contribution is 5.92. The number of benzene rings is 2. The zero-order valence-corrected chi connectivity index (χ0v) is 17.2. The topological polar surface area (TPSA) is 70.3 Å². The van der Waals surface area contributed by atoms with Gasteiger partial charge in [-0.2, -0.15) is 0 Å². The highest BCUT2D eigenvalue weighted by Crippen LogP contribution is 2.35. The van der Waals surface area contributed by atoms with E-state index in [4.69, 9.17) is 0 Å². The SMILES string of the molecule is Cc1c(-c2ccc(O)cc2)n(CCCCNCc2ccccn2)c2ccc(O)cc12. The molecular formula is C25H27N3O2. The predicted octanol–water partition coefficient (Wildman–Crippen LogP) is 4.99. The maximum absolute atomic E-state index is 9.97. The number of phenolic OH excluding ortho intramolecular Hbond substituents is 2. The predicted molar refractivity (Wildman–Crippen MR) is 121 cm³/mol. The van der Waals surface area contributed by atoms with E-state index in [9.17, 15) is 10.2 Å². The van der Waals surface area contributed by atoms with Crippen LogP contribution in [0.5, 0.6) is 11.5 Å². The molecule has 0 aliphatic heterocycles. The molecule has 0 unspecified atom stereocenters. The Labute approximate surface area is 176 Å². The molecule has 30 heavy (non-hydrogen) atoms. The molecular weight excluding hydrogens is 374 g/mol. The van der Waals surface area contributed by atoms with E-state index in [0.717, 1.165) is 65.9 Å². The number of aromatic nitrogens is 2. The summed E-state index contributed by atoms with van der Waals surface area (Å²) in [4.78, 5) is 4.33. The lowest BCUT2D eigenvalue weighted by Gasteiger charge is -2.12. The first-order valence-electron chi connectivity index (χ1n) is 10.4. The smallest absolute Gasteiger partial charge is 0.116 e. The van der Waals surface area contributed by atoms with Crippen LogP contribution in [0.4, 0.5) is 0 Å². The van der Waals surface area contributed by atoms with Crippen molar-refractivity contribution in [3.63, 3.8) is 0 Å². The highest BCUT2D eigenvalue weighted by Gasteiger charge is 2.16. The number of aryl methyl sites for hydroxylation is 2. The van der Waals surface area contributed by atoms with E-state index in [1.165, 1.54) is 0 Å². The molecule has 0 spiro atoms. The van der Waals surface area contributed by atoms with Crippen LogP contribution in [0, 0.1) is 6.92 Å². The highest BCUT2D eigenvalue weighted by atomic mass is 16.3. The molecule has 0 aliphatic carbocycles. The van der Waals surface area contributed by atoms with Crippen LogP contribution in [0.25, 0.3) is 22.2 Å². The lowest BCUT2D eigenvalue weighted by molar-refractivity contribution is 0.475. The van der Waals surface area contributed by atoms with Gasteiger partial charge in [0.1, 0.15) is 11.5 Å². The molecule has 3 N–H and O–H groups in total. The van der Waals surface area contributed by atoms with Crippen LogP contribution in [-0.4, -0.2) is 26.3 Å². The van der Waals surface area contributed by atoms with E-state index in [-0.39, 0.29) is 11.5 Å². The summed E-state index contributed by atoms with van der Waals surface area (Å²) in [6, 6.07) is 18.9. The first-order chi connectivity index (χ1) is 14.6. The molecule has 5 heteroatoms. The van der Waals surface area contributed by atoms with Crippen molar-refractivity contribution in [3.8, 4) is 22.8 Å². The number of nitrogens with one attached hydrogen (secondary N) is 1. The van der Waals surface area contributed by atoms with Gasteiger partial charge in [0, 0.05) is 30.2 Å². The molecule has 0 bridgehead atoms. The van der Waals surface area contributed by atoms with Gasteiger partial charge in [0.25, 0.3) is 0 Å². The zero-order chi connectivity index (χ0) is 20.9. The van der Waals surface area contributed by atoms with Gasteiger partial charge in [-0.3, -0.25) is 4.98 Å². The van der Waals surface area contributed by atoms with Crippen LogP contribution in [0.1, 0.15) is 24.1 Å². The van der Waals surface area contributed by atoms with Gasteiger partial charge in [-0.15, -0.1) is 0 Å². The molecule has 0 atom stereocenters. The number of phenols is 2. The second kappa shape index (κ2) is 9.01. The molecule has 0 fully saturated rings. The maximum atomic E-state index is 9.97. The van der Waals surface area contributed by atoms with Crippen molar-refractivity contribution in [2.75, 3.05) is 6.54 Å². The normalized spacial score (nSPS) is 11.2. The van der Waals surface area contributed by atoms with Crippen LogP contribution < -0.4 is 5.32 Å². The van der Waals surface area contributed by atoms with Gasteiger partial charge in [-0.25, -0.2) is 0 Å². The monoisotopic (exact) mass is 401 g/mol. The summed E-state index contributed by atoms with van der Waals surface area (Å²) in [6.07, 6.45) is 3.90. The summed E-state index contributed by atoms with van der Waals surface area (Å²) in [6.45, 7) is 4.69. The molecule has 0 amide bonds. The number of hydrogen-bond donors (Lipinski definition) is 3. The quantitative estimate of drug-likeness (QED) is 0.364. The Balaban J connectivity index is 1.49. The van der Waals surface area contributed by atoms with Gasteiger partial charge in [0.2, 0.25) is 0 Å². The van der Waals surface area contributed by atoms with Crippen molar-refractivity contribution in [2.24, 2.45) is 0 Å². The number of fused-ring (bicyclic) bond motifs is 1. The van der Waals surface area contributed by atoms with Crippen LogP contribution >= 0.6 is 0 Å². The molecule has 0 saturated carbocycles. The summed E-state index contributed by atoms with van der Waals surface area (Å²) in [7, 11) is 0. The van der Waals surface area contributed by atoms with E-state index in [0.29, 0.717) is 0 Å². The van der Waals surface area contributed by atoms with E-state index in [1.807, 2.05) is 48.7 Å². The van der Waals surface area contributed by atoms with Gasteiger partial charge in [0.05, 0.1) is 11.4 Å². The van der Waals surface area contributed by atoms with E-state index in [2.05, 4.69) is 21.8 Å². The molecule has 2 aromatic carbocycles. The molecule has 0 radical (unpaired) electrons. The van der Waals surface area contributed by atoms with Crippen molar-refractivity contribution in [2.45, 2.75) is 32.9 Å². The Morgan fingerprint density at radius 2 is 1.73 bits per heavy atom. The Morgan fingerprint density at radius 3 is 2.50 bits per heavy atom. The first kappa shape index (κ1) is 20.0. The second-order valence-electron chi connectivity index (χ2n) is 7.58. The van der Waals surface area contributed by atoms with Crippen molar-refractivity contribution in [3.05, 3.63) is 78.1 Å². The maximum Gasteiger partial charge on any atom is 0.116 e. The number of unbranched alkanes of at least 4 members (excludes halogenated alkanes) is 1. The van der Waals surface area contributed by atoms with Crippen LogP contribution in [-0.2, 0) is 13.1 Å². The Kier molecular flexibility index (Phi) is 6.00. The Hall–Kier alpha value is -3.31. The third-order valence-electron chi connectivity index (χ3n) is 5.46. The van der Waals surface area contributed by atoms with Gasteiger partial charge in [-0.1, -0.05) is 6.07 Å². The van der Waals surface area contributed by atoms with Gasteiger partial charge in [-0.05, 0) is 92.0 Å². The summed E-state index contributed by atoms with van der Waals surface area (Å²) in [5.41, 5.74) is 5.51. The summed E-state index contributed by atoms with van der Waals surface area (Å²) < 4.78 is 2.33. The summed E-state index contributed by atoms with van der Waals surface area (Å²) in [5.74, 6) is 0.536. The minimum Gasteiger partial charge on any atom is -0.508 e. The Morgan fingerprint density at radius 1 is 0.933 bits per heavy atom. The zero-order valence-electron chi connectivity index (χ0n) is 17.2. The minimum atomic E-state index is 0.260. The summed E-state index contributed by atoms with van der Waals surface area (Å²) >= 11 is 0. The van der Waals surface area contributed by atoms with Crippen LogP contribution in [0.2, 0.25) is 0 Å². The van der Waals surface area contributed by atoms with E-state index >= 15 is 0 Å². The fourth-order valence-corrected chi connectivity index (χ4v) is 3.97. The first-order valence-corrected chi connectivity index (χ1v) is 10.4. The molecule has 0 aliphatic rings. The molecule has 5 nitrogen and oxygen atoms in total. The summed E-state index contributed by atoms with van der Waals surface area (Å²) in [5, 5.41) is 24.2. The number of nitrogens with zero attached hydrogens (tertiary/aromatic N) is 2. The van der Waals surface area contributed by atoms with Crippen molar-refractivity contribution in [1.29, 1.82) is 0 Å². The fourth-order valence-electron chi connectivity index (χ4n) is 3.97. The molecule has 2 aromatic heterocycles. The number of aromatic hydroxyl groups is 2. The number of pyridine rings is 1. The average molecular weight is 402 g/mol. The minimum absolute atomic E-state index is 0.260.